The smallest absolute Gasteiger partial charge is 0.146 e. The fraction of sp³-hybridized carbons (Fsp3) is 0.647. The van der Waals surface area contributed by atoms with E-state index in [2.05, 4.69) is 37.1 Å². The van der Waals surface area contributed by atoms with Crippen LogP contribution in [-0.2, 0) is 0 Å². The van der Waals surface area contributed by atoms with E-state index in [0.717, 1.165) is 24.3 Å². The highest BCUT2D eigenvalue weighted by Gasteiger charge is 2.15. The zero-order valence-electron chi connectivity index (χ0n) is 13.0. The Morgan fingerprint density at radius 1 is 1.05 bits per heavy atom. The highest BCUT2D eigenvalue weighted by Crippen LogP contribution is 2.26. The molecule has 0 spiro atoms. The van der Waals surface area contributed by atoms with Crippen molar-refractivity contribution in [2.45, 2.75) is 58.5 Å². The van der Waals surface area contributed by atoms with Crippen LogP contribution in [0.4, 0.5) is 10.1 Å². The average molecular weight is 278 g/mol. The first kappa shape index (κ1) is 15.3. The van der Waals surface area contributed by atoms with Crippen molar-refractivity contribution in [2.75, 3.05) is 18.0 Å². The van der Waals surface area contributed by atoms with Gasteiger partial charge in [-0.3, -0.25) is 0 Å². The molecule has 0 amide bonds. The van der Waals surface area contributed by atoms with Gasteiger partial charge in [0.25, 0.3) is 0 Å². The van der Waals surface area contributed by atoms with Crippen LogP contribution in [0.25, 0.3) is 0 Å². The molecule has 3 heteroatoms. The van der Waals surface area contributed by atoms with Crippen LogP contribution < -0.4 is 10.2 Å². The fourth-order valence-corrected chi connectivity index (χ4v) is 2.96. The lowest BCUT2D eigenvalue weighted by molar-refractivity contribution is 0.503. The van der Waals surface area contributed by atoms with Crippen LogP contribution in [0.1, 0.15) is 58.1 Å². The first-order chi connectivity index (χ1) is 9.58. The Labute approximate surface area is 122 Å². The summed E-state index contributed by atoms with van der Waals surface area (Å²) in [5.74, 6) is -0.0817. The zero-order chi connectivity index (χ0) is 14.5. The summed E-state index contributed by atoms with van der Waals surface area (Å²) in [5.41, 5.74) is 1.79. The highest BCUT2D eigenvalue weighted by molar-refractivity contribution is 5.49. The molecular formula is C17H27FN2. The minimum atomic E-state index is -0.0817. The molecule has 2 rings (SSSR count). The van der Waals surface area contributed by atoms with Crippen molar-refractivity contribution in [2.24, 2.45) is 0 Å². The minimum absolute atomic E-state index is 0.0817. The molecule has 0 radical (unpaired) electrons. The van der Waals surface area contributed by atoms with Crippen LogP contribution in [0.5, 0.6) is 0 Å². The number of nitrogens with one attached hydrogen (secondary N) is 1. The first-order valence-corrected chi connectivity index (χ1v) is 7.88. The Morgan fingerprint density at radius 3 is 2.25 bits per heavy atom. The molecule has 1 atom stereocenters. The third kappa shape index (κ3) is 3.95. The average Bonchev–Trinajstić information content (AvgIpc) is 2.66. The second-order valence-corrected chi connectivity index (χ2v) is 6.16. The monoisotopic (exact) mass is 278 g/mol. The van der Waals surface area contributed by atoms with E-state index in [1.165, 1.54) is 25.7 Å². The molecule has 1 aliphatic heterocycles. The van der Waals surface area contributed by atoms with Gasteiger partial charge >= 0.3 is 0 Å². The number of rotatable bonds is 4. The van der Waals surface area contributed by atoms with Gasteiger partial charge in [0.2, 0.25) is 0 Å². The number of hydrogen-bond donors (Lipinski definition) is 1. The minimum Gasteiger partial charge on any atom is -0.369 e. The van der Waals surface area contributed by atoms with Crippen LogP contribution in [0.3, 0.4) is 0 Å². The summed E-state index contributed by atoms with van der Waals surface area (Å²) < 4.78 is 14.4. The van der Waals surface area contributed by atoms with Gasteiger partial charge in [-0.05, 0) is 37.5 Å². The maximum Gasteiger partial charge on any atom is 0.146 e. The van der Waals surface area contributed by atoms with Gasteiger partial charge in [0, 0.05) is 25.2 Å². The van der Waals surface area contributed by atoms with E-state index in [1.54, 1.807) is 6.07 Å². The van der Waals surface area contributed by atoms with E-state index in [0.29, 0.717) is 6.04 Å². The molecule has 1 heterocycles. The summed E-state index contributed by atoms with van der Waals surface area (Å²) in [6.07, 6.45) is 4.89. The fourth-order valence-electron chi connectivity index (χ4n) is 2.96. The summed E-state index contributed by atoms with van der Waals surface area (Å²) in [4.78, 5) is 2.20. The molecular weight excluding hydrogens is 251 g/mol. The Kier molecular flexibility index (Phi) is 5.41. The van der Waals surface area contributed by atoms with Gasteiger partial charge in [0.15, 0.2) is 0 Å². The predicted octanol–water partition coefficient (Wildman–Crippen LogP) is 4.27. The molecule has 1 aromatic rings. The second kappa shape index (κ2) is 7.07. The van der Waals surface area contributed by atoms with Crippen molar-refractivity contribution >= 4 is 5.69 Å². The Balaban J connectivity index is 2.12. The number of nitrogens with zero attached hydrogens (tertiary/aromatic N) is 1. The molecule has 1 fully saturated rings. The molecule has 2 nitrogen and oxygen atoms in total. The lowest BCUT2D eigenvalue weighted by Gasteiger charge is -2.24. The van der Waals surface area contributed by atoms with Gasteiger partial charge in [0.1, 0.15) is 5.82 Å². The standard InChI is InChI=1S/C17H27FN2/c1-13(2)19-14(3)15-8-9-17(16(18)12-15)20-10-6-4-5-7-11-20/h8-9,12-14,19H,4-7,10-11H2,1-3H3/t14-/m0/s1. The lowest BCUT2D eigenvalue weighted by atomic mass is 10.1. The summed E-state index contributed by atoms with van der Waals surface area (Å²) in [5, 5.41) is 3.41. The molecule has 1 aromatic carbocycles. The number of anilines is 1. The van der Waals surface area contributed by atoms with Gasteiger partial charge < -0.3 is 10.2 Å². The molecule has 0 bridgehead atoms. The predicted molar refractivity (Wildman–Crippen MR) is 83.8 cm³/mol. The van der Waals surface area contributed by atoms with E-state index >= 15 is 0 Å². The topological polar surface area (TPSA) is 15.3 Å². The number of halogens is 1. The molecule has 0 saturated carbocycles. The summed E-state index contributed by atoms with van der Waals surface area (Å²) in [6.45, 7) is 8.27. The van der Waals surface area contributed by atoms with E-state index in [9.17, 15) is 4.39 Å². The first-order valence-electron chi connectivity index (χ1n) is 7.88. The molecule has 112 valence electrons. The van der Waals surface area contributed by atoms with Gasteiger partial charge in [0.05, 0.1) is 5.69 Å². The summed E-state index contributed by atoms with van der Waals surface area (Å²) in [6, 6.07) is 6.29. The van der Waals surface area contributed by atoms with Crippen LogP contribution in [0, 0.1) is 5.82 Å². The van der Waals surface area contributed by atoms with Crippen LogP contribution >= 0.6 is 0 Å². The largest absolute Gasteiger partial charge is 0.369 e. The van der Waals surface area contributed by atoms with Crippen molar-refractivity contribution in [3.8, 4) is 0 Å². The molecule has 1 aliphatic rings. The van der Waals surface area contributed by atoms with E-state index in [-0.39, 0.29) is 11.9 Å². The Bertz CT molecular complexity index is 423. The molecule has 1 N–H and O–H groups in total. The van der Waals surface area contributed by atoms with Crippen molar-refractivity contribution < 1.29 is 4.39 Å². The Hall–Kier alpha value is -1.09. The van der Waals surface area contributed by atoms with Crippen LogP contribution in [0.2, 0.25) is 0 Å². The Morgan fingerprint density at radius 2 is 1.70 bits per heavy atom. The summed E-state index contributed by atoms with van der Waals surface area (Å²) >= 11 is 0. The lowest BCUT2D eigenvalue weighted by Crippen LogP contribution is -2.27. The van der Waals surface area contributed by atoms with Crippen LogP contribution in [-0.4, -0.2) is 19.1 Å². The number of benzene rings is 1. The van der Waals surface area contributed by atoms with Gasteiger partial charge in [-0.25, -0.2) is 4.39 Å². The van der Waals surface area contributed by atoms with Crippen molar-refractivity contribution in [1.29, 1.82) is 0 Å². The molecule has 20 heavy (non-hydrogen) atoms. The SMILES string of the molecule is CC(C)N[C@@H](C)c1ccc(N2CCCCCC2)c(F)c1. The van der Waals surface area contributed by atoms with Crippen molar-refractivity contribution in [3.05, 3.63) is 29.6 Å². The third-order valence-electron chi connectivity index (χ3n) is 4.00. The molecule has 0 unspecified atom stereocenters. The maximum atomic E-state index is 14.4. The summed E-state index contributed by atoms with van der Waals surface area (Å²) in [7, 11) is 0. The van der Waals surface area contributed by atoms with Gasteiger partial charge in [-0.2, -0.15) is 0 Å². The van der Waals surface area contributed by atoms with Gasteiger partial charge in [-0.1, -0.05) is 32.8 Å². The molecule has 0 aliphatic carbocycles. The second-order valence-electron chi connectivity index (χ2n) is 6.16. The highest BCUT2D eigenvalue weighted by atomic mass is 19.1. The van der Waals surface area contributed by atoms with Crippen LogP contribution in [0.15, 0.2) is 18.2 Å². The molecule has 0 aromatic heterocycles. The van der Waals surface area contributed by atoms with E-state index < -0.39 is 0 Å². The van der Waals surface area contributed by atoms with Crippen molar-refractivity contribution in [1.82, 2.24) is 5.32 Å². The van der Waals surface area contributed by atoms with E-state index in [4.69, 9.17) is 0 Å². The van der Waals surface area contributed by atoms with Crippen molar-refractivity contribution in [3.63, 3.8) is 0 Å². The third-order valence-corrected chi connectivity index (χ3v) is 4.00. The normalized spacial score (nSPS) is 18.1. The zero-order valence-corrected chi connectivity index (χ0v) is 13.0. The molecule has 1 saturated heterocycles. The van der Waals surface area contributed by atoms with Gasteiger partial charge in [-0.15, -0.1) is 0 Å². The number of hydrogen-bond acceptors (Lipinski definition) is 2. The maximum absolute atomic E-state index is 14.4. The van der Waals surface area contributed by atoms with E-state index in [1.807, 2.05) is 6.07 Å². The quantitative estimate of drug-likeness (QED) is 0.885.